The summed E-state index contributed by atoms with van der Waals surface area (Å²) in [6.07, 6.45) is 3.77. The lowest BCUT2D eigenvalue weighted by Gasteiger charge is -2.17. The molecule has 0 bridgehead atoms. The normalized spacial score (nSPS) is 10.4. The van der Waals surface area contributed by atoms with Gasteiger partial charge in [0.15, 0.2) is 0 Å². The number of halogens is 2. The van der Waals surface area contributed by atoms with E-state index in [0.717, 1.165) is 36.9 Å². The molecule has 1 aromatic heterocycles. The van der Waals surface area contributed by atoms with Crippen LogP contribution in [-0.4, -0.2) is 37.5 Å². The van der Waals surface area contributed by atoms with E-state index < -0.39 is 0 Å². The number of hydrogen-bond acceptors (Lipinski definition) is 4. The monoisotopic (exact) mass is 437 g/mol. The predicted octanol–water partition coefficient (Wildman–Crippen LogP) is 4.03. The maximum atomic E-state index is 12.3. The van der Waals surface area contributed by atoms with Crippen molar-refractivity contribution in [1.82, 2.24) is 10.2 Å². The Morgan fingerprint density at radius 2 is 1.76 bits per heavy atom. The number of rotatable bonds is 9. The Bertz CT molecular complexity index is 881. The number of amides is 1. The second-order valence-electron chi connectivity index (χ2n) is 6.86. The Morgan fingerprint density at radius 1 is 1.03 bits per heavy atom. The SMILES string of the molecule is CN(CCCc1ccc(CN)cc1)CCNC(=O)c1ccc2occc2c1.Cl.Cl. The van der Waals surface area contributed by atoms with E-state index in [2.05, 4.69) is 41.5 Å². The Kier molecular flexibility index (Phi) is 10.8. The smallest absolute Gasteiger partial charge is 0.251 e. The third-order valence-electron chi connectivity index (χ3n) is 4.76. The van der Waals surface area contributed by atoms with Gasteiger partial charge in [0.2, 0.25) is 0 Å². The van der Waals surface area contributed by atoms with Crippen LogP contribution < -0.4 is 11.1 Å². The molecule has 0 unspecified atom stereocenters. The van der Waals surface area contributed by atoms with Crippen molar-refractivity contribution in [2.24, 2.45) is 5.73 Å². The maximum Gasteiger partial charge on any atom is 0.251 e. The molecule has 0 fully saturated rings. The van der Waals surface area contributed by atoms with Gasteiger partial charge in [0.25, 0.3) is 5.91 Å². The molecular weight excluding hydrogens is 409 g/mol. The number of benzene rings is 2. The number of carbonyl (C=O) groups excluding carboxylic acids is 1. The van der Waals surface area contributed by atoms with Crippen LogP contribution >= 0.6 is 24.8 Å². The lowest BCUT2D eigenvalue weighted by molar-refractivity contribution is 0.0950. The van der Waals surface area contributed by atoms with Crippen molar-refractivity contribution in [3.8, 4) is 0 Å². The molecule has 3 N–H and O–H groups in total. The third-order valence-corrected chi connectivity index (χ3v) is 4.76. The fourth-order valence-electron chi connectivity index (χ4n) is 3.08. The van der Waals surface area contributed by atoms with E-state index in [1.54, 1.807) is 12.3 Å². The van der Waals surface area contributed by atoms with Crippen LogP contribution in [0.1, 0.15) is 27.9 Å². The third kappa shape index (κ3) is 7.37. The molecule has 3 rings (SSSR count). The molecule has 5 nitrogen and oxygen atoms in total. The first-order valence-corrected chi connectivity index (χ1v) is 9.37. The Labute approximate surface area is 184 Å². The molecule has 0 atom stereocenters. The van der Waals surface area contributed by atoms with Gasteiger partial charge in [0, 0.05) is 30.6 Å². The average Bonchev–Trinajstić information content (AvgIpc) is 3.16. The van der Waals surface area contributed by atoms with Gasteiger partial charge >= 0.3 is 0 Å². The van der Waals surface area contributed by atoms with Crippen molar-refractivity contribution in [3.63, 3.8) is 0 Å². The van der Waals surface area contributed by atoms with Crippen LogP contribution in [0.3, 0.4) is 0 Å². The van der Waals surface area contributed by atoms with Gasteiger partial charge in [-0.2, -0.15) is 0 Å². The van der Waals surface area contributed by atoms with Gasteiger partial charge in [-0.15, -0.1) is 24.8 Å². The van der Waals surface area contributed by atoms with E-state index in [0.29, 0.717) is 18.7 Å². The summed E-state index contributed by atoms with van der Waals surface area (Å²) in [6.45, 7) is 3.04. The highest BCUT2D eigenvalue weighted by Gasteiger charge is 2.07. The van der Waals surface area contributed by atoms with Crippen LogP contribution in [0, 0.1) is 0 Å². The van der Waals surface area contributed by atoms with Crippen LogP contribution in [-0.2, 0) is 13.0 Å². The molecule has 0 radical (unpaired) electrons. The summed E-state index contributed by atoms with van der Waals surface area (Å²) < 4.78 is 5.30. The number of nitrogens with two attached hydrogens (primary N) is 1. The fourth-order valence-corrected chi connectivity index (χ4v) is 3.08. The van der Waals surface area contributed by atoms with Crippen molar-refractivity contribution in [1.29, 1.82) is 0 Å². The number of nitrogens with one attached hydrogen (secondary N) is 1. The van der Waals surface area contributed by atoms with Crippen LogP contribution in [0.5, 0.6) is 0 Å². The number of aryl methyl sites for hydroxylation is 1. The second-order valence-corrected chi connectivity index (χ2v) is 6.86. The van der Waals surface area contributed by atoms with E-state index in [-0.39, 0.29) is 30.7 Å². The minimum Gasteiger partial charge on any atom is -0.464 e. The number of furan rings is 1. The molecule has 158 valence electrons. The molecule has 0 spiro atoms. The molecule has 0 aliphatic rings. The molecule has 29 heavy (non-hydrogen) atoms. The minimum atomic E-state index is -0.0495. The lowest BCUT2D eigenvalue weighted by Crippen LogP contribution is -2.33. The minimum absolute atomic E-state index is 0. The van der Waals surface area contributed by atoms with Gasteiger partial charge in [-0.1, -0.05) is 24.3 Å². The van der Waals surface area contributed by atoms with Crippen molar-refractivity contribution < 1.29 is 9.21 Å². The number of hydrogen-bond donors (Lipinski definition) is 2. The fraction of sp³-hybridized carbons (Fsp3) is 0.318. The van der Waals surface area contributed by atoms with Crippen molar-refractivity contribution in [3.05, 3.63) is 71.5 Å². The van der Waals surface area contributed by atoms with E-state index >= 15 is 0 Å². The van der Waals surface area contributed by atoms with Crippen LogP contribution in [0.25, 0.3) is 11.0 Å². The summed E-state index contributed by atoms with van der Waals surface area (Å²) in [5.74, 6) is -0.0495. The second kappa shape index (κ2) is 12.5. The summed E-state index contributed by atoms with van der Waals surface area (Å²) in [4.78, 5) is 14.5. The topological polar surface area (TPSA) is 71.5 Å². The van der Waals surface area contributed by atoms with Crippen molar-refractivity contribution in [2.45, 2.75) is 19.4 Å². The summed E-state index contributed by atoms with van der Waals surface area (Å²) in [6, 6.07) is 15.8. The molecule has 1 amide bonds. The predicted molar refractivity (Wildman–Crippen MR) is 123 cm³/mol. The van der Waals surface area contributed by atoms with Crippen LogP contribution in [0.4, 0.5) is 0 Å². The maximum absolute atomic E-state index is 12.3. The highest BCUT2D eigenvalue weighted by atomic mass is 35.5. The van der Waals surface area contributed by atoms with Gasteiger partial charge in [0.05, 0.1) is 6.26 Å². The molecule has 2 aromatic carbocycles. The van der Waals surface area contributed by atoms with Crippen molar-refractivity contribution in [2.75, 3.05) is 26.7 Å². The molecule has 0 aliphatic carbocycles. The first kappa shape index (κ1) is 25.0. The molecule has 0 saturated heterocycles. The van der Waals surface area contributed by atoms with E-state index in [4.69, 9.17) is 10.2 Å². The van der Waals surface area contributed by atoms with Crippen molar-refractivity contribution >= 4 is 41.7 Å². The zero-order valence-corrected chi connectivity index (χ0v) is 18.2. The van der Waals surface area contributed by atoms with E-state index in [9.17, 15) is 4.79 Å². The highest BCUT2D eigenvalue weighted by molar-refractivity contribution is 5.97. The van der Waals surface area contributed by atoms with E-state index in [1.165, 1.54) is 11.1 Å². The lowest BCUT2D eigenvalue weighted by atomic mass is 10.1. The van der Waals surface area contributed by atoms with E-state index in [1.807, 2.05) is 18.2 Å². The van der Waals surface area contributed by atoms with Gasteiger partial charge in [-0.3, -0.25) is 4.79 Å². The summed E-state index contributed by atoms with van der Waals surface area (Å²) in [5, 5.41) is 3.93. The summed E-state index contributed by atoms with van der Waals surface area (Å²) >= 11 is 0. The molecule has 7 heteroatoms. The molecule has 0 aliphatic heterocycles. The van der Waals surface area contributed by atoms with Crippen LogP contribution in [0.2, 0.25) is 0 Å². The number of nitrogens with zero attached hydrogens (tertiary/aromatic N) is 1. The summed E-state index contributed by atoms with van der Waals surface area (Å²) in [7, 11) is 2.08. The first-order chi connectivity index (χ1) is 13.2. The van der Waals surface area contributed by atoms with Gasteiger partial charge < -0.3 is 20.4 Å². The molecule has 3 aromatic rings. The Morgan fingerprint density at radius 3 is 2.48 bits per heavy atom. The molecular formula is C22H29Cl2N3O2. The zero-order chi connectivity index (χ0) is 19.1. The van der Waals surface area contributed by atoms with Gasteiger partial charge in [0.1, 0.15) is 5.58 Å². The Hall–Kier alpha value is -2.05. The largest absolute Gasteiger partial charge is 0.464 e. The molecule has 1 heterocycles. The quantitative estimate of drug-likeness (QED) is 0.529. The number of fused-ring (bicyclic) bond motifs is 1. The average molecular weight is 438 g/mol. The van der Waals surface area contributed by atoms with Crippen LogP contribution in [0.15, 0.2) is 59.2 Å². The van der Waals surface area contributed by atoms with Gasteiger partial charge in [-0.05, 0) is 61.8 Å². The summed E-state index contributed by atoms with van der Waals surface area (Å²) in [5.41, 5.74) is 9.58. The standard InChI is InChI=1S/C22H27N3O2.2ClH/c1-25(12-2-3-17-4-6-18(16-23)7-5-17)13-11-24-22(26)20-8-9-21-19(15-20)10-14-27-21;;/h4-10,14-15H,2-3,11-13,16,23H2,1H3,(H,24,26);2*1H. The van der Waals surface area contributed by atoms with Gasteiger partial charge in [-0.25, -0.2) is 0 Å². The highest BCUT2D eigenvalue weighted by Crippen LogP contribution is 2.16. The number of carbonyl (C=O) groups is 1. The first-order valence-electron chi connectivity index (χ1n) is 9.37. The molecule has 0 saturated carbocycles. The number of likely N-dealkylation sites (N-methyl/N-ethyl adjacent to an activating group) is 1. The zero-order valence-electron chi connectivity index (χ0n) is 16.6. The Balaban J connectivity index is 0.00000210.